The van der Waals surface area contributed by atoms with Crippen LogP contribution in [0, 0.1) is 12.7 Å². The second-order valence-corrected chi connectivity index (χ2v) is 5.36. The molecule has 0 bridgehead atoms. The van der Waals surface area contributed by atoms with E-state index >= 15 is 0 Å². The summed E-state index contributed by atoms with van der Waals surface area (Å²) in [4.78, 5) is 24.5. The van der Waals surface area contributed by atoms with Gasteiger partial charge in [-0.15, -0.1) is 0 Å². The second-order valence-electron chi connectivity index (χ2n) is 5.36. The lowest BCUT2D eigenvalue weighted by atomic mass is 10.2. The Bertz CT molecular complexity index is 544. The smallest absolute Gasteiger partial charge is 0.304 e. The molecule has 0 aliphatic heterocycles. The van der Waals surface area contributed by atoms with E-state index in [-0.39, 0.29) is 24.7 Å². The van der Waals surface area contributed by atoms with E-state index in [1.54, 1.807) is 19.1 Å². The summed E-state index contributed by atoms with van der Waals surface area (Å²) in [7, 11) is 0. The number of halogens is 1. The second kappa shape index (κ2) is 6.67. The van der Waals surface area contributed by atoms with Crippen molar-refractivity contribution >= 4 is 17.6 Å². The molecule has 1 aromatic carbocycles. The molecule has 0 saturated heterocycles. The maximum Gasteiger partial charge on any atom is 0.304 e. The first-order valence-corrected chi connectivity index (χ1v) is 6.97. The molecule has 1 aliphatic rings. The van der Waals surface area contributed by atoms with Crippen molar-refractivity contribution < 1.29 is 19.1 Å². The summed E-state index contributed by atoms with van der Waals surface area (Å²) in [6.07, 6.45) is 2.00. The molecular weight excluding hydrogens is 275 g/mol. The van der Waals surface area contributed by atoms with E-state index < -0.39 is 5.97 Å². The highest BCUT2D eigenvalue weighted by atomic mass is 19.1. The zero-order chi connectivity index (χ0) is 15.4. The Kier molecular flexibility index (Phi) is 4.90. The van der Waals surface area contributed by atoms with Crippen molar-refractivity contribution in [3.05, 3.63) is 29.6 Å². The minimum atomic E-state index is -0.873. The van der Waals surface area contributed by atoms with E-state index in [1.807, 2.05) is 4.90 Å². The summed E-state index contributed by atoms with van der Waals surface area (Å²) in [5.74, 6) is -1.49. The van der Waals surface area contributed by atoms with Gasteiger partial charge in [0.05, 0.1) is 13.0 Å². The maximum absolute atomic E-state index is 13.4. The molecule has 0 unspecified atom stereocenters. The lowest BCUT2D eigenvalue weighted by Gasteiger charge is -2.20. The van der Waals surface area contributed by atoms with Crippen LogP contribution in [-0.4, -0.2) is 41.0 Å². The standard InChI is InChI=1S/C15H19FN2O3/c1-10-2-3-11(8-13(10)16)17-14(19)9-18(12-4-5-12)7-6-15(20)21/h2-3,8,12H,4-7,9H2,1H3,(H,17,19)(H,20,21). The lowest BCUT2D eigenvalue weighted by Crippen LogP contribution is -2.36. The zero-order valence-electron chi connectivity index (χ0n) is 11.9. The Hall–Kier alpha value is -1.95. The largest absolute Gasteiger partial charge is 0.481 e. The van der Waals surface area contributed by atoms with E-state index in [1.165, 1.54) is 6.07 Å². The number of amides is 1. The van der Waals surface area contributed by atoms with Crippen LogP contribution < -0.4 is 5.32 Å². The number of rotatable bonds is 7. The third-order valence-corrected chi connectivity index (χ3v) is 3.48. The average molecular weight is 294 g/mol. The predicted molar refractivity (Wildman–Crippen MR) is 76.6 cm³/mol. The molecule has 0 atom stereocenters. The van der Waals surface area contributed by atoms with Crippen molar-refractivity contribution in [2.45, 2.75) is 32.2 Å². The normalized spacial score (nSPS) is 14.2. The van der Waals surface area contributed by atoms with Gasteiger partial charge in [0, 0.05) is 18.3 Å². The molecule has 21 heavy (non-hydrogen) atoms. The molecule has 0 aromatic heterocycles. The van der Waals surface area contributed by atoms with Gasteiger partial charge in [0.2, 0.25) is 5.91 Å². The predicted octanol–water partition coefficient (Wildman–Crippen LogP) is 2.01. The van der Waals surface area contributed by atoms with Crippen molar-refractivity contribution in [2.75, 3.05) is 18.4 Å². The molecule has 0 spiro atoms. The van der Waals surface area contributed by atoms with Crippen LogP contribution in [0.25, 0.3) is 0 Å². The Morgan fingerprint density at radius 2 is 2.14 bits per heavy atom. The summed E-state index contributed by atoms with van der Waals surface area (Å²) < 4.78 is 13.4. The van der Waals surface area contributed by atoms with Crippen molar-refractivity contribution in [1.82, 2.24) is 4.90 Å². The minimum absolute atomic E-state index is 0.0168. The molecule has 0 heterocycles. The number of carbonyl (C=O) groups is 2. The highest BCUT2D eigenvalue weighted by molar-refractivity contribution is 5.92. The summed E-state index contributed by atoms with van der Waals surface area (Å²) in [5, 5.41) is 11.4. The topological polar surface area (TPSA) is 69.6 Å². The fourth-order valence-corrected chi connectivity index (χ4v) is 2.13. The van der Waals surface area contributed by atoms with Crippen LogP contribution in [0.5, 0.6) is 0 Å². The first-order chi connectivity index (χ1) is 9.95. The van der Waals surface area contributed by atoms with Gasteiger partial charge in [0.25, 0.3) is 0 Å². The molecule has 1 aliphatic carbocycles. The van der Waals surface area contributed by atoms with Gasteiger partial charge >= 0.3 is 5.97 Å². The number of aryl methyl sites for hydroxylation is 1. The van der Waals surface area contributed by atoms with Gasteiger partial charge < -0.3 is 10.4 Å². The van der Waals surface area contributed by atoms with E-state index in [0.717, 1.165) is 12.8 Å². The summed E-state index contributed by atoms with van der Waals surface area (Å²) >= 11 is 0. The number of carbonyl (C=O) groups excluding carboxylic acids is 1. The SMILES string of the molecule is Cc1ccc(NC(=O)CN(CCC(=O)O)C2CC2)cc1F. The van der Waals surface area contributed by atoms with Crippen LogP contribution in [-0.2, 0) is 9.59 Å². The first-order valence-electron chi connectivity index (χ1n) is 6.97. The van der Waals surface area contributed by atoms with E-state index in [9.17, 15) is 14.0 Å². The quantitative estimate of drug-likeness (QED) is 0.807. The van der Waals surface area contributed by atoms with Gasteiger partial charge in [-0.1, -0.05) is 6.07 Å². The molecule has 2 N–H and O–H groups in total. The Morgan fingerprint density at radius 1 is 1.43 bits per heavy atom. The van der Waals surface area contributed by atoms with Gasteiger partial charge in [-0.2, -0.15) is 0 Å². The van der Waals surface area contributed by atoms with Crippen molar-refractivity contribution in [3.8, 4) is 0 Å². The van der Waals surface area contributed by atoms with Crippen LogP contribution >= 0.6 is 0 Å². The molecule has 6 heteroatoms. The van der Waals surface area contributed by atoms with Gasteiger partial charge in [-0.3, -0.25) is 14.5 Å². The number of carboxylic acid groups (broad SMARTS) is 1. The maximum atomic E-state index is 13.4. The molecule has 114 valence electrons. The minimum Gasteiger partial charge on any atom is -0.481 e. The van der Waals surface area contributed by atoms with E-state index in [0.29, 0.717) is 23.8 Å². The Balaban J connectivity index is 1.89. The Labute approximate surface area is 122 Å². The average Bonchev–Trinajstić information content (AvgIpc) is 3.23. The van der Waals surface area contributed by atoms with Crippen LogP contribution in [0.4, 0.5) is 10.1 Å². The summed E-state index contributed by atoms with van der Waals surface area (Å²) in [6, 6.07) is 4.83. The lowest BCUT2D eigenvalue weighted by molar-refractivity contribution is -0.137. The number of nitrogens with one attached hydrogen (secondary N) is 1. The first kappa shape index (κ1) is 15.4. The number of hydrogen-bond acceptors (Lipinski definition) is 3. The van der Waals surface area contributed by atoms with Crippen LogP contribution in [0.15, 0.2) is 18.2 Å². The van der Waals surface area contributed by atoms with Crippen molar-refractivity contribution in [2.24, 2.45) is 0 Å². The molecule has 1 aromatic rings. The molecule has 1 fully saturated rings. The van der Waals surface area contributed by atoms with E-state index in [4.69, 9.17) is 5.11 Å². The Morgan fingerprint density at radius 3 is 2.71 bits per heavy atom. The summed E-state index contributed by atoms with van der Waals surface area (Å²) in [5.41, 5.74) is 0.936. The number of anilines is 1. The number of aliphatic carboxylic acids is 1. The molecule has 2 rings (SSSR count). The fourth-order valence-electron chi connectivity index (χ4n) is 2.13. The van der Waals surface area contributed by atoms with Crippen LogP contribution in [0.2, 0.25) is 0 Å². The van der Waals surface area contributed by atoms with Gasteiger partial charge in [-0.25, -0.2) is 4.39 Å². The van der Waals surface area contributed by atoms with Crippen molar-refractivity contribution in [3.63, 3.8) is 0 Å². The number of hydrogen-bond donors (Lipinski definition) is 2. The monoisotopic (exact) mass is 294 g/mol. The molecule has 1 saturated carbocycles. The number of benzene rings is 1. The fraction of sp³-hybridized carbons (Fsp3) is 0.467. The molecule has 0 radical (unpaired) electrons. The zero-order valence-corrected chi connectivity index (χ0v) is 11.9. The third-order valence-electron chi connectivity index (χ3n) is 3.48. The molecular formula is C15H19FN2O3. The molecule has 1 amide bonds. The van der Waals surface area contributed by atoms with Crippen LogP contribution in [0.3, 0.4) is 0 Å². The van der Waals surface area contributed by atoms with Gasteiger partial charge in [0.1, 0.15) is 5.82 Å². The third kappa shape index (κ3) is 4.82. The highest BCUT2D eigenvalue weighted by Gasteiger charge is 2.30. The number of carboxylic acids is 1. The highest BCUT2D eigenvalue weighted by Crippen LogP contribution is 2.26. The molecule has 5 nitrogen and oxygen atoms in total. The van der Waals surface area contributed by atoms with Gasteiger partial charge in [0.15, 0.2) is 0 Å². The van der Waals surface area contributed by atoms with E-state index in [2.05, 4.69) is 5.32 Å². The van der Waals surface area contributed by atoms with Crippen molar-refractivity contribution in [1.29, 1.82) is 0 Å². The van der Waals surface area contributed by atoms with Crippen LogP contribution in [0.1, 0.15) is 24.8 Å². The summed E-state index contributed by atoms with van der Waals surface area (Å²) in [6.45, 7) is 2.14. The van der Waals surface area contributed by atoms with Gasteiger partial charge in [-0.05, 0) is 37.5 Å². The number of nitrogens with zero attached hydrogens (tertiary/aromatic N) is 1.